The second-order valence-electron chi connectivity index (χ2n) is 6.95. The van der Waals surface area contributed by atoms with Crippen molar-refractivity contribution in [2.45, 2.75) is 44.7 Å². The minimum absolute atomic E-state index is 0.0372. The lowest BCUT2D eigenvalue weighted by Crippen LogP contribution is -2.44. The first-order chi connectivity index (χ1) is 12.2. The lowest BCUT2D eigenvalue weighted by atomic mass is 9.86. The minimum Gasteiger partial charge on any atom is -0.352 e. The molecule has 0 radical (unpaired) electrons. The molecule has 132 valence electrons. The monoisotopic (exact) mass is 336 g/mol. The molecule has 2 aromatic carbocycles. The van der Waals surface area contributed by atoms with Gasteiger partial charge >= 0.3 is 0 Å². The van der Waals surface area contributed by atoms with Crippen molar-refractivity contribution in [3.05, 3.63) is 71.8 Å². The van der Waals surface area contributed by atoms with E-state index in [1.165, 1.54) is 24.0 Å². The summed E-state index contributed by atoms with van der Waals surface area (Å²) in [5.74, 6) is 0.278. The summed E-state index contributed by atoms with van der Waals surface area (Å²) in [5, 5.41) is 3.24. The fourth-order valence-corrected chi connectivity index (χ4v) is 3.60. The molecule has 1 N–H and O–H groups in total. The Labute approximate surface area is 151 Å². The van der Waals surface area contributed by atoms with Gasteiger partial charge in [-0.25, -0.2) is 0 Å². The van der Waals surface area contributed by atoms with E-state index in [1.54, 1.807) is 0 Å². The van der Waals surface area contributed by atoms with Crippen molar-refractivity contribution < 1.29 is 4.79 Å². The predicted octanol–water partition coefficient (Wildman–Crippen LogP) is 3.81. The van der Waals surface area contributed by atoms with E-state index in [-0.39, 0.29) is 17.9 Å². The van der Waals surface area contributed by atoms with Gasteiger partial charge in [0.25, 0.3) is 0 Å². The second kappa shape index (κ2) is 8.30. The van der Waals surface area contributed by atoms with Gasteiger partial charge in [-0.2, -0.15) is 0 Å². The van der Waals surface area contributed by atoms with E-state index in [9.17, 15) is 4.79 Å². The van der Waals surface area contributed by atoms with Crippen molar-refractivity contribution in [1.29, 1.82) is 0 Å². The fraction of sp³-hybridized carbons (Fsp3) is 0.409. The van der Waals surface area contributed by atoms with Crippen LogP contribution in [0.1, 0.15) is 43.7 Å². The summed E-state index contributed by atoms with van der Waals surface area (Å²) in [6, 6.07) is 21.5. The van der Waals surface area contributed by atoms with E-state index < -0.39 is 0 Å². The zero-order chi connectivity index (χ0) is 17.6. The van der Waals surface area contributed by atoms with E-state index >= 15 is 0 Å². The van der Waals surface area contributed by atoms with Gasteiger partial charge in [0.2, 0.25) is 5.91 Å². The van der Waals surface area contributed by atoms with Crippen LogP contribution in [-0.2, 0) is 4.79 Å². The largest absolute Gasteiger partial charge is 0.352 e. The minimum atomic E-state index is 0.0372. The van der Waals surface area contributed by atoms with Gasteiger partial charge in [-0.3, -0.25) is 9.69 Å². The Morgan fingerprint density at radius 3 is 2.00 bits per heavy atom. The summed E-state index contributed by atoms with van der Waals surface area (Å²) >= 11 is 0. The van der Waals surface area contributed by atoms with Crippen LogP contribution in [0.3, 0.4) is 0 Å². The summed E-state index contributed by atoms with van der Waals surface area (Å²) < 4.78 is 0. The third kappa shape index (κ3) is 4.70. The molecule has 1 unspecified atom stereocenters. The first-order valence-electron chi connectivity index (χ1n) is 9.32. The topological polar surface area (TPSA) is 32.3 Å². The number of nitrogens with zero attached hydrogens (tertiary/aromatic N) is 1. The quantitative estimate of drug-likeness (QED) is 0.795. The first-order valence-corrected chi connectivity index (χ1v) is 9.32. The van der Waals surface area contributed by atoms with E-state index in [0.29, 0.717) is 12.6 Å². The Bertz CT molecular complexity index is 627. The molecule has 0 bridgehead atoms. The molecule has 1 fully saturated rings. The van der Waals surface area contributed by atoms with Crippen LogP contribution < -0.4 is 5.32 Å². The normalized spacial score (nSPS) is 15.4. The maximum absolute atomic E-state index is 12.6. The summed E-state index contributed by atoms with van der Waals surface area (Å²) in [6.07, 6.45) is 2.46. The molecule has 0 heterocycles. The van der Waals surface area contributed by atoms with Crippen molar-refractivity contribution in [2.24, 2.45) is 0 Å². The maximum Gasteiger partial charge on any atom is 0.234 e. The lowest BCUT2D eigenvalue weighted by molar-refractivity contribution is -0.123. The highest BCUT2D eigenvalue weighted by atomic mass is 16.2. The SMILES string of the molecule is CCN(CC(=O)NC(C)C(c1ccccc1)c1ccccc1)C1CC1. The number of likely N-dealkylation sites (N-methyl/N-ethyl adjacent to an activating group) is 1. The average molecular weight is 336 g/mol. The number of amides is 1. The van der Waals surface area contributed by atoms with Gasteiger partial charge in [-0.1, -0.05) is 67.6 Å². The van der Waals surface area contributed by atoms with Crippen molar-refractivity contribution in [3.8, 4) is 0 Å². The number of hydrogen-bond donors (Lipinski definition) is 1. The maximum atomic E-state index is 12.6. The first kappa shape index (κ1) is 17.7. The van der Waals surface area contributed by atoms with E-state index in [4.69, 9.17) is 0 Å². The molecule has 3 rings (SSSR count). The molecule has 1 atom stereocenters. The molecular weight excluding hydrogens is 308 g/mol. The van der Waals surface area contributed by atoms with Crippen LogP contribution in [0.25, 0.3) is 0 Å². The molecule has 1 saturated carbocycles. The Morgan fingerprint density at radius 1 is 1.04 bits per heavy atom. The molecule has 3 heteroatoms. The number of hydrogen-bond acceptors (Lipinski definition) is 2. The van der Waals surface area contributed by atoms with Gasteiger partial charge in [0.1, 0.15) is 0 Å². The van der Waals surface area contributed by atoms with Gasteiger partial charge in [-0.05, 0) is 37.4 Å². The smallest absolute Gasteiger partial charge is 0.234 e. The molecule has 2 aromatic rings. The Kier molecular flexibility index (Phi) is 5.87. The van der Waals surface area contributed by atoms with Crippen LogP contribution in [0.5, 0.6) is 0 Å². The number of carbonyl (C=O) groups excluding carboxylic acids is 1. The zero-order valence-corrected chi connectivity index (χ0v) is 15.2. The molecule has 1 aliphatic rings. The van der Waals surface area contributed by atoms with Crippen molar-refractivity contribution in [1.82, 2.24) is 10.2 Å². The fourth-order valence-electron chi connectivity index (χ4n) is 3.60. The third-order valence-corrected chi connectivity index (χ3v) is 5.02. The predicted molar refractivity (Wildman–Crippen MR) is 103 cm³/mol. The van der Waals surface area contributed by atoms with Crippen LogP contribution in [0, 0.1) is 0 Å². The second-order valence-corrected chi connectivity index (χ2v) is 6.95. The number of benzene rings is 2. The highest BCUT2D eigenvalue weighted by Crippen LogP contribution is 2.28. The number of rotatable bonds is 8. The highest BCUT2D eigenvalue weighted by Gasteiger charge is 2.30. The molecule has 1 amide bonds. The molecule has 0 saturated heterocycles. The highest BCUT2D eigenvalue weighted by molar-refractivity contribution is 5.78. The van der Waals surface area contributed by atoms with Crippen LogP contribution >= 0.6 is 0 Å². The van der Waals surface area contributed by atoms with Crippen molar-refractivity contribution >= 4 is 5.91 Å². The van der Waals surface area contributed by atoms with Crippen LogP contribution in [0.2, 0.25) is 0 Å². The standard InChI is InChI=1S/C22H28N2O/c1-3-24(20-14-15-20)16-21(25)23-17(2)22(18-10-6-4-7-11-18)19-12-8-5-9-13-19/h4-13,17,20,22H,3,14-16H2,1-2H3,(H,23,25). The molecule has 25 heavy (non-hydrogen) atoms. The summed E-state index contributed by atoms with van der Waals surface area (Å²) in [5.41, 5.74) is 2.46. The Balaban J connectivity index is 1.73. The Hall–Kier alpha value is -2.13. The van der Waals surface area contributed by atoms with Gasteiger partial charge in [0.15, 0.2) is 0 Å². The van der Waals surface area contributed by atoms with Crippen molar-refractivity contribution in [2.75, 3.05) is 13.1 Å². The third-order valence-electron chi connectivity index (χ3n) is 5.02. The van der Waals surface area contributed by atoms with Gasteiger partial charge in [-0.15, -0.1) is 0 Å². The van der Waals surface area contributed by atoms with Crippen molar-refractivity contribution in [3.63, 3.8) is 0 Å². The zero-order valence-electron chi connectivity index (χ0n) is 15.2. The van der Waals surface area contributed by atoms with Gasteiger partial charge in [0.05, 0.1) is 6.54 Å². The average Bonchev–Trinajstić information content (AvgIpc) is 3.47. The van der Waals surface area contributed by atoms with E-state index in [1.807, 2.05) is 12.1 Å². The molecule has 0 aliphatic heterocycles. The van der Waals surface area contributed by atoms with Crippen LogP contribution in [0.4, 0.5) is 0 Å². The lowest BCUT2D eigenvalue weighted by Gasteiger charge is -2.27. The molecule has 0 aromatic heterocycles. The van der Waals surface area contributed by atoms with Gasteiger partial charge < -0.3 is 5.32 Å². The summed E-state index contributed by atoms with van der Waals surface area (Å²) in [4.78, 5) is 14.8. The Morgan fingerprint density at radius 2 is 1.56 bits per heavy atom. The number of carbonyl (C=O) groups is 1. The summed E-state index contributed by atoms with van der Waals surface area (Å²) in [6.45, 7) is 5.68. The molecule has 3 nitrogen and oxygen atoms in total. The molecule has 1 aliphatic carbocycles. The van der Waals surface area contributed by atoms with E-state index in [2.05, 4.69) is 72.6 Å². The summed E-state index contributed by atoms with van der Waals surface area (Å²) in [7, 11) is 0. The molecule has 0 spiro atoms. The molecular formula is C22H28N2O. The van der Waals surface area contributed by atoms with Crippen LogP contribution in [0.15, 0.2) is 60.7 Å². The van der Waals surface area contributed by atoms with Crippen LogP contribution in [-0.4, -0.2) is 36.0 Å². The van der Waals surface area contributed by atoms with Gasteiger partial charge in [0, 0.05) is 18.0 Å². The number of nitrogens with one attached hydrogen (secondary N) is 1. The van der Waals surface area contributed by atoms with E-state index in [0.717, 1.165) is 6.54 Å².